The van der Waals surface area contributed by atoms with E-state index in [-0.39, 0.29) is 0 Å². The fraction of sp³-hybridized carbons (Fsp3) is 0.143. The van der Waals surface area contributed by atoms with Crippen LogP contribution in [0.3, 0.4) is 0 Å². The van der Waals surface area contributed by atoms with Crippen molar-refractivity contribution in [3.63, 3.8) is 0 Å². The van der Waals surface area contributed by atoms with Gasteiger partial charge in [0, 0.05) is 0 Å². The number of rotatable bonds is 3. The van der Waals surface area contributed by atoms with Crippen molar-refractivity contribution in [1.29, 1.82) is 0 Å². The Kier molecular flexibility index (Phi) is 4.82. The second-order valence-electron chi connectivity index (χ2n) is 6.42. The molecule has 0 heterocycles. The van der Waals surface area contributed by atoms with Crippen LogP contribution in [-0.4, -0.2) is 16.4 Å². The summed E-state index contributed by atoms with van der Waals surface area (Å²) in [6.07, 6.45) is 0. The van der Waals surface area contributed by atoms with Crippen LogP contribution in [0.1, 0.15) is 16.7 Å². The number of hydrogen-bond donors (Lipinski definition) is 0. The van der Waals surface area contributed by atoms with E-state index in [1.165, 1.54) is 16.7 Å². The number of hydrogen-bond acceptors (Lipinski definition) is 0. The first kappa shape index (κ1) is 17.9. The molecule has 24 heavy (non-hydrogen) atoms. The standard InChI is InChI=1S/3C7H7.Bi.2ClH/c3*1-7-5-3-2-4-6-7;;;/h3*2-3,5-6H,1H3;;2*1H/q;;;+2;;/p-2. The van der Waals surface area contributed by atoms with E-state index >= 15 is 0 Å². The molecule has 0 amide bonds. The summed E-state index contributed by atoms with van der Waals surface area (Å²) in [5.74, 6) is 0. The average molecular weight is 553 g/mol. The van der Waals surface area contributed by atoms with E-state index < -0.39 is 16.4 Å². The molecule has 0 radical (unpaired) electrons. The first-order valence-electron chi connectivity index (χ1n) is 7.97. The second kappa shape index (κ2) is 6.45. The van der Waals surface area contributed by atoms with E-state index in [9.17, 15) is 0 Å². The van der Waals surface area contributed by atoms with Crippen molar-refractivity contribution in [1.82, 2.24) is 0 Å². The molecule has 0 saturated heterocycles. The monoisotopic (exact) mass is 552 g/mol. The van der Waals surface area contributed by atoms with Gasteiger partial charge in [0.1, 0.15) is 0 Å². The molecule has 124 valence electrons. The molecule has 0 aliphatic heterocycles. The van der Waals surface area contributed by atoms with Gasteiger partial charge < -0.3 is 0 Å². The quantitative estimate of drug-likeness (QED) is 0.420. The average Bonchev–Trinajstić information content (AvgIpc) is 2.55. The predicted molar refractivity (Wildman–Crippen MR) is 110 cm³/mol. The van der Waals surface area contributed by atoms with Crippen LogP contribution in [0.4, 0.5) is 0 Å². The van der Waals surface area contributed by atoms with Gasteiger partial charge in [0.25, 0.3) is 0 Å². The van der Waals surface area contributed by atoms with Crippen LogP contribution in [0.15, 0.2) is 72.8 Å². The Bertz CT molecular complexity index is 782. The third-order valence-corrected chi connectivity index (χ3v) is 28.5. The number of aryl methyl sites for hydroxylation is 3. The van der Waals surface area contributed by atoms with Crippen molar-refractivity contribution in [2.45, 2.75) is 20.8 Å². The summed E-state index contributed by atoms with van der Waals surface area (Å²) in [5.41, 5.74) is 3.53. The predicted octanol–water partition coefficient (Wildman–Crippen LogP) is 4.51. The Balaban J connectivity index is 2.41. The van der Waals surface area contributed by atoms with E-state index in [2.05, 4.69) is 93.6 Å². The molecule has 3 heteroatoms. The molecular formula is C21H21BiCl2. The van der Waals surface area contributed by atoms with Gasteiger partial charge in [0.15, 0.2) is 0 Å². The molecule has 0 N–H and O–H groups in total. The Morgan fingerprint density at radius 3 is 1.08 bits per heavy atom. The SMILES string of the molecule is Cc1ccc[c]([Bi]([Cl])([Cl])([c]2cccc(C)c2)[c]2cccc(C)c2)c1. The molecule has 3 aromatic carbocycles. The van der Waals surface area contributed by atoms with Gasteiger partial charge in [-0.1, -0.05) is 0 Å². The van der Waals surface area contributed by atoms with Crippen molar-refractivity contribution in [2.75, 3.05) is 0 Å². The molecule has 0 aliphatic rings. The number of benzene rings is 3. The van der Waals surface area contributed by atoms with Gasteiger partial charge in [-0.3, -0.25) is 0 Å². The molecule has 0 nitrogen and oxygen atoms in total. The summed E-state index contributed by atoms with van der Waals surface area (Å²) < 4.78 is 3.21. The van der Waals surface area contributed by atoms with Crippen molar-refractivity contribution in [3.05, 3.63) is 89.5 Å². The minimum atomic E-state index is -4.71. The Labute approximate surface area is 152 Å². The summed E-state index contributed by atoms with van der Waals surface area (Å²) in [7, 11) is 15.1. The molecule has 0 aromatic heterocycles. The van der Waals surface area contributed by atoms with Crippen LogP contribution < -0.4 is 9.81 Å². The molecule has 0 spiro atoms. The summed E-state index contributed by atoms with van der Waals surface area (Å²) in [6.45, 7) is 6.25. The first-order chi connectivity index (χ1) is 11.3. The molecule has 3 rings (SSSR count). The molecular weight excluding hydrogens is 532 g/mol. The van der Waals surface area contributed by atoms with Gasteiger partial charge in [0.2, 0.25) is 0 Å². The van der Waals surface area contributed by atoms with Crippen LogP contribution >= 0.6 is 17.0 Å². The van der Waals surface area contributed by atoms with Crippen LogP contribution in [-0.2, 0) is 0 Å². The molecule has 0 atom stereocenters. The maximum atomic E-state index is 7.57. The third kappa shape index (κ3) is 3.03. The number of halogens is 2. The van der Waals surface area contributed by atoms with Crippen molar-refractivity contribution >= 4 is 43.2 Å². The second-order valence-corrected chi connectivity index (χ2v) is 32.9. The van der Waals surface area contributed by atoms with E-state index in [1.54, 1.807) is 0 Å². The Morgan fingerprint density at radius 2 is 0.833 bits per heavy atom. The van der Waals surface area contributed by atoms with E-state index in [0.29, 0.717) is 0 Å². The molecule has 3 aromatic rings. The van der Waals surface area contributed by atoms with Crippen molar-refractivity contribution in [3.8, 4) is 0 Å². The first-order valence-corrected chi connectivity index (χ1v) is 21.7. The van der Waals surface area contributed by atoms with Gasteiger partial charge >= 0.3 is 153 Å². The molecule has 0 unspecified atom stereocenters. The minimum absolute atomic E-state index is 1.07. The van der Waals surface area contributed by atoms with Crippen LogP contribution in [0.5, 0.6) is 0 Å². The normalized spacial score (nSPS) is 13.3. The van der Waals surface area contributed by atoms with E-state index in [4.69, 9.17) is 17.0 Å². The van der Waals surface area contributed by atoms with E-state index in [1.807, 2.05) is 0 Å². The van der Waals surface area contributed by atoms with E-state index in [0.717, 1.165) is 9.81 Å². The van der Waals surface area contributed by atoms with Crippen LogP contribution in [0.2, 0.25) is 0 Å². The van der Waals surface area contributed by atoms with Gasteiger partial charge in [-0.25, -0.2) is 0 Å². The van der Waals surface area contributed by atoms with Gasteiger partial charge in [-0.15, -0.1) is 0 Å². The van der Waals surface area contributed by atoms with Gasteiger partial charge in [-0.05, 0) is 0 Å². The Morgan fingerprint density at radius 1 is 0.542 bits per heavy atom. The van der Waals surface area contributed by atoms with Crippen LogP contribution in [0, 0.1) is 20.8 Å². The zero-order chi connectivity index (χ0) is 17.4. The molecule has 0 fully saturated rings. The third-order valence-electron chi connectivity index (χ3n) is 4.37. The topological polar surface area (TPSA) is 0 Å². The van der Waals surface area contributed by atoms with Crippen molar-refractivity contribution in [2.24, 2.45) is 0 Å². The zero-order valence-corrected chi connectivity index (χ0v) is 19.1. The van der Waals surface area contributed by atoms with Gasteiger partial charge in [-0.2, -0.15) is 0 Å². The Hall–Kier alpha value is -0.877. The fourth-order valence-corrected chi connectivity index (χ4v) is 21.2. The summed E-state index contributed by atoms with van der Waals surface area (Å²) >= 11 is -4.71. The van der Waals surface area contributed by atoms with Crippen molar-refractivity contribution < 1.29 is 0 Å². The summed E-state index contributed by atoms with van der Waals surface area (Å²) in [6, 6.07) is 25.1. The zero-order valence-electron chi connectivity index (χ0n) is 14.1. The summed E-state index contributed by atoms with van der Waals surface area (Å²) in [5, 5.41) is 0. The van der Waals surface area contributed by atoms with Crippen LogP contribution in [0.25, 0.3) is 0 Å². The van der Waals surface area contributed by atoms with Gasteiger partial charge in [0.05, 0.1) is 0 Å². The maximum absolute atomic E-state index is 7.57. The summed E-state index contributed by atoms with van der Waals surface area (Å²) in [4.78, 5) is 0. The fourth-order valence-electron chi connectivity index (χ4n) is 3.06. The molecule has 0 bridgehead atoms. The molecule has 0 aliphatic carbocycles. The molecule has 0 saturated carbocycles.